The van der Waals surface area contributed by atoms with Crippen molar-refractivity contribution in [3.63, 3.8) is 0 Å². The van der Waals surface area contributed by atoms with Crippen LogP contribution in [0, 0.1) is 24.1 Å². The van der Waals surface area contributed by atoms with Crippen LogP contribution in [0.25, 0.3) is 11.5 Å². The Morgan fingerprint density at radius 3 is 2.54 bits per heavy atom. The Labute approximate surface area is 148 Å². The minimum absolute atomic E-state index is 0.00270. The number of alkyl halides is 2. The van der Waals surface area contributed by atoms with E-state index >= 15 is 0 Å². The molecule has 5 nitrogen and oxygen atoms in total. The number of carbonyl (C=O) groups is 1. The van der Waals surface area contributed by atoms with E-state index in [-0.39, 0.29) is 35.1 Å². The summed E-state index contributed by atoms with van der Waals surface area (Å²) in [5, 5.41) is 16.5. The minimum atomic E-state index is -3.34. The highest BCUT2D eigenvalue weighted by atomic mass is 19.3. The average Bonchev–Trinajstić information content (AvgIpc) is 3.05. The summed E-state index contributed by atoms with van der Waals surface area (Å²) in [5.41, 5.74) is -1.54. The van der Waals surface area contributed by atoms with E-state index < -0.39 is 29.1 Å². The Morgan fingerprint density at radius 2 is 1.96 bits per heavy atom. The van der Waals surface area contributed by atoms with Crippen LogP contribution < -0.4 is 0 Å². The van der Waals surface area contributed by atoms with Gasteiger partial charge < -0.3 is 9.21 Å². The van der Waals surface area contributed by atoms with Gasteiger partial charge in [-0.25, -0.2) is 13.2 Å². The lowest BCUT2D eigenvalue weighted by atomic mass is 9.95. The quantitative estimate of drug-likeness (QED) is 0.756. The zero-order chi connectivity index (χ0) is 19.7. The molecule has 0 spiro atoms. The van der Waals surface area contributed by atoms with Crippen LogP contribution in [-0.4, -0.2) is 16.0 Å². The molecule has 8 heteroatoms. The summed E-state index contributed by atoms with van der Waals surface area (Å²) in [6.07, 6.45) is -0.991. The van der Waals surface area contributed by atoms with Crippen molar-refractivity contribution in [3.05, 3.63) is 35.0 Å². The van der Waals surface area contributed by atoms with Crippen molar-refractivity contribution in [1.29, 1.82) is 5.26 Å². The molecular weight excluding hydrogens is 347 g/mol. The van der Waals surface area contributed by atoms with Gasteiger partial charge in [-0.1, -0.05) is 0 Å². The van der Waals surface area contributed by atoms with E-state index in [1.54, 1.807) is 13.8 Å². The summed E-state index contributed by atoms with van der Waals surface area (Å²) in [6, 6.07) is 3.91. The van der Waals surface area contributed by atoms with E-state index in [4.69, 9.17) is 9.68 Å². The van der Waals surface area contributed by atoms with Gasteiger partial charge in [-0.05, 0) is 45.4 Å². The lowest BCUT2D eigenvalue weighted by Gasteiger charge is -2.19. The summed E-state index contributed by atoms with van der Waals surface area (Å²) in [5.74, 6) is -4.83. The maximum Gasteiger partial charge on any atom is 0.274 e. The maximum atomic E-state index is 14.4. The molecule has 2 aromatic rings. The number of benzene rings is 1. The molecule has 0 unspecified atom stereocenters. The van der Waals surface area contributed by atoms with Gasteiger partial charge in [0.2, 0.25) is 5.89 Å². The topological polar surface area (TPSA) is 79.8 Å². The fourth-order valence-electron chi connectivity index (χ4n) is 2.34. The highest BCUT2D eigenvalue weighted by molar-refractivity contribution is 5.75. The van der Waals surface area contributed by atoms with Crippen LogP contribution in [0.5, 0.6) is 0 Å². The second kappa shape index (κ2) is 6.90. The highest BCUT2D eigenvalue weighted by Gasteiger charge is 2.35. The summed E-state index contributed by atoms with van der Waals surface area (Å²) in [7, 11) is 0. The number of carbonyl (C=O) groups excluding carboxylic acids is 1. The van der Waals surface area contributed by atoms with Crippen LogP contribution in [0.4, 0.5) is 13.2 Å². The molecule has 0 aliphatic carbocycles. The van der Waals surface area contributed by atoms with Crippen LogP contribution >= 0.6 is 0 Å². The van der Waals surface area contributed by atoms with Crippen LogP contribution in [-0.2, 0) is 16.1 Å². The normalized spacial score (nSPS) is 12.1. The van der Waals surface area contributed by atoms with Crippen molar-refractivity contribution >= 4 is 5.78 Å². The number of aromatic nitrogens is 2. The summed E-state index contributed by atoms with van der Waals surface area (Å²) >= 11 is 0. The van der Waals surface area contributed by atoms with E-state index in [9.17, 15) is 18.0 Å². The van der Waals surface area contributed by atoms with Crippen molar-refractivity contribution in [2.45, 2.75) is 51.9 Å². The smallest absolute Gasteiger partial charge is 0.274 e. The lowest BCUT2D eigenvalue weighted by molar-refractivity contribution is -0.119. The number of ketones is 1. The standard InChI is InChI=1S/C18H18F3N3O2/c1-10-7-12(15-23-24-16(26-15)17(3,4)9-22)14(19)8-13(10)18(20,21)6-5-11(2)25/h7-8H,5-6H2,1-4H3. The molecule has 0 amide bonds. The first kappa shape index (κ1) is 19.6. The minimum Gasteiger partial charge on any atom is -0.419 e. The van der Waals surface area contributed by atoms with Crippen LogP contribution in [0.1, 0.15) is 50.6 Å². The van der Waals surface area contributed by atoms with E-state index in [1.807, 2.05) is 6.07 Å². The fraction of sp³-hybridized carbons (Fsp3) is 0.444. The Hall–Kier alpha value is -2.69. The Kier molecular flexibility index (Phi) is 5.21. The number of hydrogen-bond acceptors (Lipinski definition) is 5. The third kappa shape index (κ3) is 3.93. The fourth-order valence-corrected chi connectivity index (χ4v) is 2.34. The molecule has 138 valence electrons. The largest absolute Gasteiger partial charge is 0.419 e. The molecular formula is C18H18F3N3O2. The van der Waals surface area contributed by atoms with E-state index in [0.29, 0.717) is 0 Å². The first-order valence-corrected chi connectivity index (χ1v) is 7.91. The lowest BCUT2D eigenvalue weighted by Crippen LogP contribution is -2.17. The van der Waals surface area contributed by atoms with Crippen molar-refractivity contribution in [2.75, 3.05) is 0 Å². The summed E-state index contributed by atoms with van der Waals surface area (Å²) in [6.45, 7) is 5.76. The number of halogens is 3. The number of nitrogens with zero attached hydrogens (tertiary/aromatic N) is 3. The van der Waals surface area contributed by atoms with Gasteiger partial charge in [-0.15, -0.1) is 10.2 Å². The molecule has 1 aromatic carbocycles. The number of Topliss-reactive ketones (excluding diaryl/α,β-unsaturated/α-hetero) is 1. The third-order valence-corrected chi connectivity index (χ3v) is 3.97. The van der Waals surface area contributed by atoms with Gasteiger partial charge in [-0.3, -0.25) is 0 Å². The second-order valence-corrected chi connectivity index (χ2v) is 6.70. The molecule has 0 bridgehead atoms. The zero-order valence-electron chi connectivity index (χ0n) is 14.9. The average molecular weight is 365 g/mol. The van der Waals surface area contributed by atoms with E-state index in [2.05, 4.69) is 10.2 Å². The zero-order valence-corrected chi connectivity index (χ0v) is 14.9. The molecule has 0 saturated carbocycles. The SMILES string of the molecule is CC(=O)CCC(F)(F)c1cc(F)c(-c2nnc(C(C)(C)C#N)o2)cc1C. The van der Waals surface area contributed by atoms with E-state index in [1.165, 1.54) is 19.9 Å². The summed E-state index contributed by atoms with van der Waals surface area (Å²) in [4.78, 5) is 11.0. The number of nitriles is 1. The second-order valence-electron chi connectivity index (χ2n) is 6.70. The Bertz CT molecular complexity index is 882. The molecule has 0 radical (unpaired) electrons. The molecule has 0 aliphatic heterocycles. The number of rotatable bonds is 6. The third-order valence-electron chi connectivity index (χ3n) is 3.97. The van der Waals surface area contributed by atoms with Crippen LogP contribution in [0.15, 0.2) is 16.5 Å². The molecule has 1 aromatic heterocycles. The van der Waals surface area contributed by atoms with E-state index in [0.717, 1.165) is 6.07 Å². The molecule has 0 atom stereocenters. The summed E-state index contributed by atoms with van der Waals surface area (Å²) < 4.78 is 48.4. The van der Waals surface area contributed by atoms with Gasteiger partial charge >= 0.3 is 0 Å². The molecule has 2 rings (SSSR count). The predicted octanol–water partition coefficient (Wildman–Crippen LogP) is 4.45. The van der Waals surface area contributed by atoms with Crippen molar-refractivity contribution < 1.29 is 22.4 Å². The van der Waals surface area contributed by atoms with Crippen molar-refractivity contribution in [1.82, 2.24) is 10.2 Å². The highest BCUT2D eigenvalue weighted by Crippen LogP contribution is 2.38. The monoisotopic (exact) mass is 365 g/mol. The van der Waals surface area contributed by atoms with Crippen molar-refractivity contribution in [2.24, 2.45) is 0 Å². The van der Waals surface area contributed by atoms with Gasteiger partial charge in [0.15, 0.2) is 0 Å². The molecule has 26 heavy (non-hydrogen) atoms. The van der Waals surface area contributed by atoms with Gasteiger partial charge in [0.25, 0.3) is 11.8 Å². The van der Waals surface area contributed by atoms with Gasteiger partial charge in [0.05, 0.1) is 11.6 Å². The van der Waals surface area contributed by atoms with Crippen molar-refractivity contribution in [3.8, 4) is 17.5 Å². The number of hydrogen-bond donors (Lipinski definition) is 0. The first-order chi connectivity index (χ1) is 12.0. The Balaban J connectivity index is 2.42. The molecule has 0 saturated heterocycles. The first-order valence-electron chi connectivity index (χ1n) is 7.91. The Morgan fingerprint density at radius 1 is 1.31 bits per heavy atom. The van der Waals surface area contributed by atoms with Gasteiger partial charge in [0, 0.05) is 18.4 Å². The number of aryl methyl sites for hydroxylation is 1. The molecule has 0 N–H and O–H groups in total. The van der Waals surface area contributed by atoms with Crippen LogP contribution in [0.2, 0.25) is 0 Å². The predicted molar refractivity (Wildman–Crippen MR) is 86.9 cm³/mol. The molecule has 1 heterocycles. The maximum absolute atomic E-state index is 14.4. The van der Waals surface area contributed by atoms with Crippen LogP contribution in [0.3, 0.4) is 0 Å². The molecule has 0 aliphatic rings. The van der Waals surface area contributed by atoms with Gasteiger partial charge in [-0.2, -0.15) is 5.26 Å². The molecule has 0 fully saturated rings. The van der Waals surface area contributed by atoms with Gasteiger partial charge in [0.1, 0.15) is 17.0 Å².